The van der Waals surface area contributed by atoms with Crippen molar-refractivity contribution in [2.75, 3.05) is 5.32 Å². The highest BCUT2D eigenvalue weighted by atomic mass is 16.5. The number of carbonyl (C=O) groups is 1. The zero-order valence-electron chi connectivity index (χ0n) is 16.6. The highest BCUT2D eigenvalue weighted by molar-refractivity contribution is 6.02. The third-order valence-corrected chi connectivity index (χ3v) is 4.50. The third-order valence-electron chi connectivity index (χ3n) is 4.50. The lowest BCUT2D eigenvalue weighted by Gasteiger charge is -2.13. The second-order valence-corrected chi connectivity index (χ2v) is 6.88. The SMILES string of the molecule is Cc1ccc(NC(=O)C=Cc2cnc3ccccc3n2)c(OCc2ccccc2)c1. The summed E-state index contributed by atoms with van der Waals surface area (Å²) >= 11 is 0. The van der Waals surface area contributed by atoms with Crippen molar-refractivity contribution in [2.24, 2.45) is 0 Å². The second-order valence-electron chi connectivity index (χ2n) is 6.88. The van der Waals surface area contributed by atoms with Crippen molar-refractivity contribution in [2.45, 2.75) is 13.5 Å². The standard InChI is InChI=1S/C25H21N3O2/c1-18-11-13-23(24(15-18)30-17-19-7-3-2-4-8-19)28-25(29)14-12-20-16-26-21-9-5-6-10-22(21)27-20/h2-16H,17H2,1H3,(H,28,29). The Kier molecular flexibility index (Phi) is 5.80. The minimum atomic E-state index is -0.265. The second kappa shape index (κ2) is 9.01. The number of aryl methyl sites for hydroxylation is 1. The van der Waals surface area contributed by atoms with E-state index < -0.39 is 0 Å². The van der Waals surface area contributed by atoms with Gasteiger partial charge < -0.3 is 10.1 Å². The molecule has 1 amide bonds. The van der Waals surface area contributed by atoms with Gasteiger partial charge >= 0.3 is 0 Å². The third kappa shape index (κ3) is 4.89. The topological polar surface area (TPSA) is 64.1 Å². The van der Waals surface area contributed by atoms with Crippen LogP contribution in [-0.2, 0) is 11.4 Å². The highest BCUT2D eigenvalue weighted by Crippen LogP contribution is 2.27. The van der Waals surface area contributed by atoms with Gasteiger partial charge in [0.2, 0.25) is 5.91 Å². The molecular weight excluding hydrogens is 374 g/mol. The molecule has 0 saturated carbocycles. The minimum Gasteiger partial charge on any atom is -0.487 e. The van der Waals surface area contributed by atoms with E-state index in [1.807, 2.05) is 79.7 Å². The molecule has 30 heavy (non-hydrogen) atoms. The lowest BCUT2D eigenvalue weighted by Crippen LogP contribution is -2.09. The van der Waals surface area contributed by atoms with Gasteiger partial charge in [-0.15, -0.1) is 0 Å². The molecule has 0 spiro atoms. The summed E-state index contributed by atoms with van der Waals surface area (Å²) in [5, 5.41) is 2.88. The Bertz CT molecular complexity index is 1200. The first kappa shape index (κ1) is 19.3. The van der Waals surface area contributed by atoms with Crippen molar-refractivity contribution >= 4 is 28.7 Å². The maximum atomic E-state index is 12.5. The van der Waals surface area contributed by atoms with Crippen LogP contribution < -0.4 is 10.1 Å². The molecule has 0 aliphatic carbocycles. The van der Waals surface area contributed by atoms with Gasteiger partial charge in [0, 0.05) is 6.08 Å². The number of benzene rings is 3. The molecule has 1 heterocycles. The quantitative estimate of drug-likeness (QED) is 0.458. The van der Waals surface area contributed by atoms with Gasteiger partial charge in [0.05, 0.1) is 28.6 Å². The van der Waals surface area contributed by atoms with Crippen LogP contribution >= 0.6 is 0 Å². The van der Waals surface area contributed by atoms with Crippen molar-refractivity contribution < 1.29 is 9.53 Å². The summed E-state index contributed by atoms with van der Waals surface area (Å²) in [6.07, 6.45) is 4.74. The minimum absolute atomic E-state index is 0.265. The van der Waals surface area contributed by atoms with E-state index in [0.29, 0.717) is 23.7 Å². The van der Waals surface area contributed by atoms with Gasteiger partial charge in [-0.25, -0.2) is 4.98 Å². The monoisotopic (exact) mass is 395 g/mol. The van der Waals surface area contributed by atoms with E-state index in [9.17, 15) is 4.79 Å². The number of rotatable bonds is 6. The van der Waals surface area contributed by atoms with Crippen LogP contribution in [0.15, 0.2) is 85.1 Å². The van der Waals surface area contributed by atoms with Crippen molar-refractivity contribution in [1.82, 2.24) is 9.97 Å². The van der Waals surface area contributed by atoms with E-state index in [1.54, 1.807) is 12.3 Å². The molecule has 1 aromatic heterocycles. The first-order chi connectivity index (χ1) is 14.7. The molecular formula is C25H21N3O2. The number of fused-ring (bicyclic) bond motifs is 1. The van der Waals surface area contributed by atoms with Crippen LogP contribution in [0.5, 0.6) is 5.75 Å². The van der Waals surface area contributed by atoms with Gasteiger partial charge in [0.25, 0.3) is 0 Å². The molecule has 3 aromatic carbocycles. The number of hydrogen-bond donors (Lipinski definition) is 1. The van der Waals surface area contributed by atoms with Gasteiger partial charge in [-0.3, -0.25) is 9.78 Å². The Balaban J connectivity index is 1.46. The molecule has 148 valence electrons. The molecule has 0 fully saturated rings. The fourth-order valence-corrected chi connectivity index (χ4v) is 2.97. The molecule has 4 rings (SSSR count). The molecule has 1 N–H and O–H groups in total. The lowest BCUT2D eigenvalue weighted by atomic mass is 10.2. The Labute approximate surface area is 175 Å². The predicted octanol–water partition coefficient (Wildman–Crippen LogP) is 5.17. The van der Waals surface area contributed by atoms with Crippen molar-refractivity contribution in [3.63, 3.8) is 0 Å². The fourth-order valence-electron chi connectivity index (χ4n) is 2.97. The Morgan fingerprint density at radius 3 is 2.60 bits per heavy atom. The Hall–Kier alpha value is -3.99. The van der Waals surface area contributed by atoms with Crippen LogP contribution in [0.2, 0.25) is 0 Å². The van der Waals surface area contributed by atoms with Gasteiger partial charge in [0.15, 0.2) is 0 Å². The lowest BCUT2D eigenvalue weighted by molar-refractivity contribution is -0.111. The summed E-state index contributed by atoms with van der Waals surface area (Å²) in [5.74, 6) is 0.365. The zero-order chi connectivity index (χ0) is 20.8. The van der Waals surface area contributed by atoms with E-state index >= 15 is 0 Å². The number of nitrogens with zero attached hydrogens (tertiary/aromatic N) is 2. The summed E-state index contributed by atoms with van der Waals surface area (Å²) in [4.78, 5) is 21.3. The van der Waals surface area contributed by atoms with E-state index in [4.69, 9.17) is 4.74 Å². The molecule has 0 unspecified atom stereocenters. The van der Waals surface area contributed by atoms with Crippen LogP contribution in [0.1, 0.15) is 16.8 Å². The van der Waals surface area contributed by atoms with Crippen molar-refractivity contribution in [3.8, 4) is 5.75 Å². The summed E-state index contributed by atoms with van der Waals surface area (Å²) in [6, 6.07) is 23.2. The van der Waals surface area contributed by atoms with Crippen LogP contribution in [0.3, 0.4) is 0 Å². The number of amides is 1. The smallest absolute Gasteiger partial charge is 0.248 e. The molecule has 0 saturated heterocycles. The van der Waals surface area contributed by atoms with Crippen LogP contribution in [0, 0.1) is 6.92 Å². The number of nitrogens with one attached hydrogen (secondary N) is 1. The number of carbonyl (C=O) groups excluding carboxylic acids is 1. The van der Waals surface area contributed by atoms with Gasteiger partial charge in [-0.2, -0.15) is 0 Å². The van der Waals surface area contributed by atoms with E-state index in [0.717, 1.165) is 22.2 Å². The van der Waals surface area contributed by atoms with Gasteiger partial charge in [-0.05, 0) is 48.4 Å². The average Bonchev–Trinajstić information content (AvgIpc) is 2.78. The first-order valence-electron chi connectivity index (χ1n) is 9.65. The highest BCUT2D eigenvalue weighted by Gasteiger charge is 2.07. The molecule has 0 atom stereocenters. The summed E-state index contributed by atoms with van der Waals surface area (Å²) in [6.45, 7) is 2.41. The van der Waals surface area contributed by atoms with Crippen molar-refractivity contribution in [3.05, 3.63) is 102 Å². The van der Waals surface area contributed by atoms with E-state index in [2.05, 4.69) is 15.3 Å². The van der Waals surface area contributed by atoms with Gasteiger partial charge in [0.1, 0.15) is 12.4 Å². The Morgan fingerprint density at radius 1 is 1.00 bits per heavy atom. The maximum Gasteiger partial charge on any atom is 0.248 e. The number of aromatic nitrogens is 2. The number of hydrogen-bond acceptors (Lipinski definition) is 4. The number of para-hydroxylation sites is 2. The van der Waals surface area contributed by atoms with Gasteiger partial charge in [-0.1, -0.05) is 48.5 Å². The molecule has 5 nitrogen and oxygen atoms in total. The Morgan fingerprint density at radius 2 is 1.77 bits per heavy atom. The summed E-state index contributed by atoms with van der Waals surface area (Å²) < 4.78 is 5.95. The predicted molar refractivity (Wildman–Crippen MR) is 119 cm³/mol. The van der Waals surface area contributed by atoms with Crippen LogP contribution in [-0.4, -0.2) is 15.9 Å². The fraction of sp³-hybridized carbons (Fsp3) is 0.0800. The number of ether oxygens (including phenoxy) is 1. The number of anilines is 1. The van der Waals surface area contributed by atoms with Crippen molar-refractivity contribution in [1.29, 1.82) is 0 Å². The van der Waals surface area contributed by atoms with Crippen LogP contribution in [0.25, 0.3) is 17.1 Å². The maximum absolute atomic E-state index is 12.5. The summed E-state index contributed by atoms with van der Waals surface area (Å²) in [5.41, 5.74) is 4.96. The molecule has 5 heteroatoms. The van der Waals surface area contributed by atoms with E-state index in [-0.39, 0.29) is 5.91 Å². The molecule has 0 aliphatic rings. The largest absolute Gasteiger partial charge is 0.487 e. The van der Waals surface area contributed by atoms with Crippen LogP contribution in [0.4, 0.5) is 5.69 Å². The molecule has 0 bridgehead atoms. The van der Waals surface area contributed by atoms with E-state index in [1.165, 1.54) is 6.08 Å². The average molecular weight is 395 g/mol. The molecule has 4 aromatic rings. The zero-order valence-corrected chi connectivity index (χ0v) is 16.6. The summed E-state index contributed by atoms with van der Waals surface area (Å²) in [7, 11) is 0. The molecule has 0 radical (unpaired) electrons. The first-order valence-corrected chi connectivity index (χ1v) is 9.65. The normalized spacial score (nSPS) is 11.0. The molecule has 0 aliphatic heterocycles.